The first-order chi connectivity index (χ1) is 24.7. The van der Waals surface area contributed by atoms with Crippen molar-refractivity contribution in [1.29, 1.82) is 0 Å². The monoisotopic (exact) mass is 713 g/mol. The summed E-state index contributed by atoms with van der Waals surface area (Å²) in [5, 5.41) is 33.1. The maximum absolute atomic E-state index is 12.2. The highest BCUT2D eigenvalue weighted by atomic mass is 16.7. The Balaban J connectivity index is 0.000000251. The molecular weight excluding hydrogens is 678 g/mol. The van der Waals surface area contributed by atoms with Gasteiger partial charge in [-0.15, -0.1) is 0 Å². The highest BCUT2D eigenvalue weighted by Gasteiger charge is 2.30. The van der Waals surface area contributed by atoms with Crippen LogP contribution in [0.3, 0.4) is 0 Å². The predicted molar refractivity (Wildman–Crippen MR) is 186 cm³/mol. The lowest BCUT2D eigenvalue weighted by molar-refractivity contribution is -0.384. The van der Waals surface area contributed by atoms with Gasteiger partial charge in [0.05, 0.1) is 11.3 Å². The number of benzene rings is 4. The van der Waals surface area contributed by atoms with Gasteiger partial charge in [0, 0.05) is 35.7 Å². The van der Waals surface area contributed by atoms with Crippen molar-refractivity contribution in [2.24, 2.45) is 5.73 Å². The van der Waals surface area contributed by atoms with Crippen LogP contribution >= 0.6 is 0 Å². The van der Waals surface area contributed by atoms with E-state index >= 15 is 0 Å². The number of nitrogens with zero attached hydrogens (tertiary/aromatic N) is 1. The van der Waals surface area contributed by atoms with Crippen molar-refractivity contribution >= 4 is 41.4 Å². The van der Waals surface area contributed by atoms with Gasteiger partial charge in [0.25, 0.3) is 5.69 Å². The zero-order valence-electron chi connectivity index (χ0n) is 27.7. The van der Waals surface area contributed by atoms with Gasteiger partial charge in [0.15, 0.2) is 0 Å². The molecule has 0 heterocycles. The van der Waals surface area contributed by atoms with Gasteiger partial charge in [-0.05, 0) is 52.9 Å². The molecule has 16 nitrogen and oxygen atoms in total. The van der Waals surface area contributed by atoms with E-state index in [1.54, 1.807) is 24.3 Å². The number of carboxylic acid groups (broad SMARTS) is 2. The third-order valence-electron chi connectivity index (χ3n) is 7.92. The largest absolute Gasteiger partial charge is 0.511 e. The number of nitro benzene ring substituents is 1. The second-order valence-corrected chi connectivity index (χ2v) is 11.6. The fourth-order valence-electron chi connectivity index (χ4n) is 5.45. The number of carboxylic acids is 1. The van der Waals surface area contributed by atoms with Crippen LogP contribution < -0.4 is 26.8 Å². The van der Waals surface area contributed by atoms with Crippen LogP contribution in [0.15, 0.2) is 91.0 Å². The third-order valence-corrected chi connectivity index (χ3v) is 7.92. The van der Waals surface area contributed by atoms with Crippen molar-refractivity contribution < 1.29 is 48.6 Å². The number of carbonyl (C=O) groups is 5. The molecule has 5 rings (SSSR count). The van der Waals surface area contributed by atoms with E-state index in [0.29, 0.717) is 17.7 Å². The summed E-state index contributed by atoms with van der Waals surface area (Å²) in [6, 6.07) is 23.9. The van der Waals surface area contributed by atoms with Gasteiger partial charge >= 0.3 is 18.2 Å². The van der Waals surface area contributed by atoms with Crippen molar-refractivity contribution in [3.05, 3.63) is 123 Å². The highest BCUT2D eigenvalue weighted by Crippen LogP contribution is 2.44. The molecule has 4 aromatic rings. The van der Waals surface area contributed by atoms with Gasteiger partial charge in [-0.1, -0.05) is 60.7 Å². The number of aliphatic carboxylic acids is 1. The Hall–Kier alpha value is -6.97. The van der Waals surface area contributed by atoms with Crippen molar-refractivity contribution in [2.45, 2.75) is 37.8 Å². The van der Waals surface area contributed by atoms with Crippen LogP contribution in [-0.2, 0) is 25.5 Å². The molecule has 1 aliphatic rings. The molecule has 0 spiro atoms. The molecule has 52 heavy (non-hydrogen) atoms. The van der Waals surface area contributed by atoms with Crippen LogP contribution in [0.25, 0.3) is 11.1 Å². The number of nitro groups is 1. The second-order valence-electron chi connectivity index (χ2n) is 11.6. The lowest BCUT2D eigenvalue weighted by Crippen LogP contribution is -2.51. The van der Waals surface area contributed by atoms with E-state index < -0.39 is 53.5 Å². The first-order valence-electron chi connectivity index (χ1n) is 15.7. The first kappa shape index (κ1) is 37.8. The Bertz CT molecular complexity index is 1940. The number of nitrogens with two attached hydrogens (primary N) is 2. The van der Waals surface area contributed by atoms with E-state index in [1.807, 2.05) is 48.5 Å². The van der Waals surface area contributed by atoms with Crippen LogP contribution in [0.1, 0.15) is 41.5 Å². The van der Waals surface area contributed by atoms with Crippen LogP contribution in [-0.4, -0.2) is 63.9 Å². The number of amides is 3. The van der Waals surface area contributed by atoms with E-state index in [-0.39, 0.29) is 24.0 Å². The zero-order valence-corrected chi connectivity index (χ0v) is 27.7. The molecule has 0 radical (unpaired) electrons. The van der Waals surface area contributed by atoms with Crippen LogP contribution in [0.4, 0.5) is 21.0 Å². The SMILES string of the molecule is CC(NC(=O)OCC1c2ccccc2-c2ccccc21)C(=O)NC(CC(N)=O)C(=O)O.Nc1ccc(Cc2cc([N+](=O)[O-])ccc2OC(=O)O)cc1. The van der Waals surface area contributed by atoms with Gasteiger partial charge < -0.3 is 41.8 Å². The third kappa shape index (κ3) is 10.0. The van der Waals surface area contributed by atoms with Crippen LogP contribution in [0.2, 0.25) is 0 Å². The summed E-state index contributed by atoms with van der Waals surface area (Å²) in [5.41, 5.74) is 16.6. The Morgan fingerprint density at radius 1 is 0.885 bits per heavy atom. The molecule has 8 N–H and O–H groups in total. The summed E-state index contributed by atoms with van der Waals surface area (Å²) in [6.45, 7) is 1.45. The molecule has 16 heteroatoms. The standard InChI is InChI=1S/C22H23N3O6.C14H12N2O5/c1-12(20(27)25-18(21(28)29)10-19(23)26)24-22(30)31-11-17-15-8-4-2-6-13(15)14-7-3-5-9-16(14)17;15-11-3-1-9(2-4-11)7-10-8-12(16(19)20)5-6-13(10)21-14(17)18/h2-9,12,17-18H,10-11H2,1H3,(H2,23,26)(H,24,30)(H,25,27)(H,28,29);1-6,8H,7,15H2,(H,17,18). The first-order valence-corrected chi connectivity index (χ1v) is 15.7. The molecule has 0 aliphatic heterocycles. The fraction of sp³-hybridized carbons (Fsp3) is 0.194. The number of carbonyl (C=O) groups excluding carboxylic acids is 3. The smallest absolute Gasteiger partial charge is 0.480 e. The molecule has 4 aromatic carbocycles. The lowest BCUT2D eigenvalue weighted by atomic mass is 9.98. The quantitative estimate of drug-likeness (QED) is 0.0397. The maximum Gasteiger partial charge on any atom is 0.511 e. The summed E-state index contributed by atoms with van der Waals surface area (Å²) in [7, 11) is 0. The molecule has 0 aromatic heterocycles. The average Bonchev–Trinajstić information content (AvgIpc) is 3.42. The molecule has 270 valence electrons. The van der Waals surface area contributed by atoms with Gasteiger partial charge in [-0.3, -0.25) is 19.7 Å². The minimum Gasteiger partial charge on any atom is -0.480 e. The molecule has 0 saturated heterocycles. The van der Waals surface area contributed by atoms with Gasteiger partial charge in [-0.25, -0.2) is 14.4 Å². The highest BCUT2D eigenvalue weighted by molar-refractivity contribution is 5.91. The number of hydrogen-bond acceptors (Lipinski definition) is 10. The topological polar surface area (TPSA) is 264 Å². The van der Waals surface area contributed by atoms with Crippen molar-refractivity contribution in [3.63, 3.8) is 0 Å². The van der Waals surface area contributed by atoms with Crippen molar-refractivity contribution in [2.75, 3.05) is 12.3 Å². The van der Waals surface area contributed by atoms with Gasteiger partial charge in [-0.2, -0.15) is 0 Å². The number of rotatable bonds is 12. The molecule has 0 fully saturated rings. The number of non-ortho nitro benzene ring substituents is 1. The number of fused-ring (bicyclic) bond motifs is 3. The second kappa shape index (κ2) is 17.1. The molecule has 1 aliphatic carbocycles. The number of primary amides is 1. The number of anilines is 1. The number of nitrogen functional groups attached to an aromatic ring is 1. The number of hydrogen-bond donors (Lipinski definition) is 6. The minimum absolute atomic E-state index is 0.0740. The summed E-state index contributed by atoms with van der Waals surface area (Å²) in [4.78, 5) is 67.4. The predicted octanol–water partition coefficient (Wildman–Crippen LogP) is 4.18. The fourth-order valence-corrected chi connectivity index (χ4v) is 5.45. The Morgan fingerprint density at radius 3 is 2.02 bits per heavy atom. The Morgan fingerprint density at radius 2 is 1.48 bits per heavy atom. The van der Waals surface area contributed by atoms with E-state index in [9.17, 15) is 34.1 Å². The summed E-state index contributed by atoms with van der Waals surface area (Å²) >= 11 is 0. The Kier molecular flexibility index (Phi) is 12.5. The van der Waals surface area contributed by atoms with E-state index in [4.69, 9.17) is 26.4 Å². The molecular formula is C36H35N5O11. The maximum atomic E-state index is 12.2. The molecule has 0 saturated carbocycles. The van der Waals surface area contributed by atoms with Crippen LogP contribution in [0.5, 0.6) is 5.75 Å². The molecule has 3 amide bonds. The van der Waals surface area contributed by atoms with Crippen molar-refractivity contribution in [1.82, 2.24) is 10.6 Å². The van der Waals surface area contributed by atoms with E-state index in [0.717, 1.165) is 27.8 Å². The average molecular weight is 714 g/mol. The minimum atomic E-state index is -1.48. The molecule has 2 atom stereocenters. The van der Waals surface area contributed by atoms with Crippen LogP contribution in [0, 0.1) is 10.1 Å². The Labute approximate surface area is 296 Å². The number of nitrogens with one attached hydrogen (secondary N) is 2. The van der Waals surface area contributed by atoms with E-state index in [1.165, 1.54) is 25.1 Å². The number of alkyl carbamates (subject to hydrolysis) is 1. The molecule has 2 unspecified atom stereocenters. The normalized spacial score (nSPS) is 12.4. The van der Waals surface area contributed by atoms with Crippen molar-refractivity contribution in [3.8, 4) is 16.9 Å². The summed E-state index contributed by atoms with van der Waals surface area (Å²) < 4.78 is 10.0. The summed E-state index contributed by atoms with van der Waals surface area (Å²) in [5.74, 6) is -3.10. The van der Waals surface area contributed by atoms with E-state index in [2.05, 4.69) is 15.4 Å². The van der Waals surface area contributed by atoms with Gasteiger partial charge in [0.1, 0.15) is 24.4 Å². The zero-order chi connectivity index (χ0) is 37.9. The summed E-state index contributed by atoms with van der Waals surface area (Å²) in [6.07, 6.45) is -2.54. The van der Waals surface area contributed by atoms with Gasteiger partial charge in [0.2, 0.25) is 11.8 Å². The molecule has 0 bridgehead atoms. The lowest BCUT2D eigenvalue weighted by Gasteiger charge is -2.19. The number of ether oxygens (including phenoxy) is 2.